The molecule has 0 aliphatic rings. The predicted octanol–water partition coefficient (Wildman–Crippen LogP) is 2.93. The van der Waals surface area contributed by atoms with Gasteiger partial charge >= 0.3 is 0 Å². The average molecular weight is 233 g/mol. The number of thioether (sulfide) groups is 1. The lowest BCUT2D eigenvalue weighted by molar-refractivity contribution is 0.192. The van der Waals surface area contributed by atoms with Gasteiger partial charge in [-0.15, -0.1) is 0 Å². The highest BCUT2D eigenvalue weighted by Gasteiger charge is 1.91. The van der Waals surface area contributed by atoms with E-state index in [0.717, 1.165) is 13.2 Å². The van der Waals surface area contributed by atoms with Crippen LogP contribution in [0.3, 0.4) is 0 Å². The zero-order chi connectivity index (χ0) is 11.2. The van der Waals surface area contributed by atoms with E-state index in [1.54, 1.807) is 7.11 Å². The molecule has 0 aliphatic heterocycles. The second-order valence-corrected chi connectivity index (χ2v) is 4.84. The van der Waals surface area contributed by atoms with Crippen molar-refractivity contribution >= 4 is 11.8 Å². The molecule has 0 aromatic rings. The lowest BCUT2D eigenvalue weighted by Gasteiger charge is -2.04. The van der Waals surface area contributed by atoms with Crippen molar-refractivity contribution in [3.63, 3.8) is 0 Å². The molecule has 0 aromatic carbocycles. The van der Waals surface area contributed by atoms with Crippen LogP contribution in [0.1, 0.15) is 38.5 Å². The molecule has 0 aromatic heterocycles. The van der Waals surface area contributed by atoms with E-state index >= 15 is 0 Å². The lowest BCUT2D eigenvalue weighted by atomic mass is 10.2. The molecule has 0 radical (unpaired) electrons. The van der Waals surface area contributed by atoms with Crippen LogP contribution in [0, 0.1) is 0 Å². The molecule has 0 spiro atoms. The lowest BCUT2D eigenvalue weighted by Crippen LogP contribution is -2.16. The summed E-state index contributed by atoms with van der Waals surface area (Å²) < 4.78 is 4.99. The van der Waals surface area contributed by atoms with E-state index in [1.165, 1.54) is 50.8 Å². The average Bonchev–Trinajstić information content (AvgIpc) is 2.26. The third kappa shape index (κ3) is 14.3. The van der Waals surface area contributed by atoms with Crippen LogP contribution in [0.4, 0.5) is 0 Å². The minimum atomic E-state index is 0.899. The molecule has 0 saturated carbocycles. The van der Waals surface area contributed by atoms with Crippen LogP contribution in [-0.4, -0.2) is 38.8 Å². The molecular formula is C12H27NOS. The van der Waals surface area contributed by atoms with Gasteiger partial charge < -0.3 is 10.1 Å². The number of nitrogens with one attached hydrogen (secondary N) is 1. The van der Waals surface area contributed by atoms with Crippen molar-refractivity contribution in [2.24, 2.45) is 0 Å². The molecule has 0 saturated heterocycles. The molecule has 0 rings (SSSR count). The minimum absolute atomic E-state index is 0.899. The van der Waals surface area contributed by atoms with Gasteiger partial charge in [0, 0.05) is 13.7 Å². The molecule has 3 heteroatoms. The van der Waals surface area contributed by atoms with Crippen molar-refractivity contribution in [1.29, 1.82) is 0 Å². The van der Waals surface area contributed by atoms with Crippen LogP contribution in [0.2, 0.25) is 0 Å². The van der Waals surface area contributed by atoms with Crippen LogP contribution in [0.5, 0.6) is 0 Å². The largest absolute Gasteiger partial charge is 0.385 e. The highest BCUT2D eigenvalue weighted by Crippen LogP contribution is 2.03. The van der Waals surface area contributed by atoms with Gasteiger partial charge in [-0.25, -0.2) is 0 Å². The van der Waals surface area contributed by atoms with Gasteiger partial charge in [0.2, 0.25) is 0 Å². The van der Waals surface area contributed by atoms with Gasteiger partial charge in [-0.2, -0.15) is 11.8 Å². The number of unbranched alkanes of at least 4 members (excludes halogenated alkanes) is 4. The van der Waals surface area contributed by atoms with Crippen LogP contribution in [0.25, 0.3) is 0 Å². The summed E-state index contributed by atoms with van der Waals surface area (Å²) in [6.07, 6.45) is 10.1. The Morgan fingerprint density at radius 3 is 2.27 bits per heavy atom. The van der Waals surface area contributed by atoms with Crippen molar-refractivity contribution in [3.05, 3.63) is 0 Å². The van der Waals surface area contributed by atoms with E-state index < -0.39 is 0 Å². The Hall–Kier alpha value is 0.270. The fourth-order valence-corrected chi connectivity index (χ4v) is 1.96. The first-order valence-electron chi connectivity index (χ1n) is 6.10. The second-order valence-electron chi connectivity index (χ2n) is 3.86. The Morgan fingerprint density at radius 1 is 0.933 bits per heavy atom. The van der Waals surface area contributed by atoms with E-state index in [1.807, 2.05) is 11.8 Å². The maximum absolute atomic E-state index is 4.99. The van der Waals surface area contributed by atoms with Gasteiger partial charge in [-0.05, 0) is 50.8 Å². The van der Waals surface area contributed by atoms with Gasteiger partial charge in [0.25, 0.3) is 0 Å². The summed E-state index contributed by atoms with van der Waals surface area (Å²) in [6.45, 7) is 3.23. The number of ether oxygens (including phenoxy) is 1. The molecule has 0 heterocycles. The number of hydrogen-bond acceptors (Lipinski definition) is 3. The quantitative estimate of drug-likeness (QED) is 0.524. The Balaban J connectivity index is 2.81. The monoisotopic (exact) mass is 233 g/mol. The molecule has 1 N–H and O–H groups in total. The Kier molecular flexibility index (Phi) is 14.5. The molecule has 0 atom stereocenters. The molecule has 0 amide bonds. The first-order valence-corrected chi connectivity index (χ1v) is 7.49. The molecule has 0 fully saturated rings. The zero-order valence-corrected chi connectivity index (χ0v) is 11.2. The van der Waals surface area contributed by atoms with Crippen LogP contribution < -0.4 is 5.32 Å². The van der Waals surface area contributed by atoms with Gasteiger partial charge in [0.05, 0.1) is 0 Å². The Bertz CT molecular complexity index is 99.8. The minimum Gasteiger partial charge on any atom is -0.385 e. The van der Waals surface area contributed by atoms with Crippen molar-refractivity contribution in [2.45, 2.75) is 38.5 Å². The molecule has 0 aliphatic carbocycles. The fourth-order valence-electron chi connectivity index (χ4n) is 1.47. The van der Waals surface area contributed by atoms with Gasteiger partial charge in [0.15, 0.2) is 0 Å². The smallest absolute Gasteiger partial charge is 0.0462 e. The molecule has 92 valence electrons. The molecule has 2 nitrogen and oxygen atoms in total. The standard InChI is InChI=1S/C12H27NOS/c1-14-11-7-6-10-13-9-5-3-4-8-12-15-2/h13H,3-12H2,1-2H3. The Labute approximate surface area is 99.5 Å². The van der Waals surface area contributed by atoms with E-state index in [0.29, 0.717) is 0 Å². The summed E-state index contributed by atoms with van der Waals surface area (Å²) in [5.41, 5.74) is 0. The topological polar surface area (TPSA) is 21.3 Å². The highest BCUT2D eigenvalue weighted by molar-refractivity contribution is 7.98. The van der Waals surface area contributed by atoms with Gasteiger partial charge in [0.1, 0.15) is 0 Å². The molecule has 0 unspecified atom stereocenters. The first kappa shape index (κ1) is 15.3. The maximum Gasteiger partial charge on any atom is 0.0462 e. The van der Waals surface area contributed by atoms with Crippen LogP contribution in [0.15, 0.2) is 0 Å². The number of hydrogen-bond donors (Lipinski definition) is 1. The van der Waals surface area contributed by atoms with Gasteiger partial charge in [-0.1, -0.05) is 12.8 Å². The zero-order valence-electron chi connectivity index (χ0n) is 10.4. The SMILES string of the molecule is COCCCCNCCCCCCSC. The maximum atomic E-state index is 4.99. The summed E-state index contributed by atoms with van der Waals surface area (Å²) in [6, 6.07) is 0. The summed E-state index contributed by atoms with van der Waals surface area (Å²) in [4.78, 5) is 0. The van der Waals surface area contributed by atoms with Crippen molar-refractivity contribution in [1.82, 2.24) is 5.32 Å². The third-order valence-electron chi connectivity index (χ3n) is 2.40. The van der Waals surface area contributed by atoms with E-state index in [-0.39, 0.29) is 0 Å². The summed E-state index contributed by atoms with van der Waals surface area (Å²) >= 11 is 1.95. The molecule has 15 heavy (non-hydrogen) atoms. The van der Waals surface area contributed by atoms with Crippen molar-refractivity contribution < 1.29 is 4.74 Å². The Morgan fingerprint density at radius 2 is 1.60 bits per heavy atom. The van der Waals surface area contributed by atoms with E-state index in [4.69, 9.17) is 4.74 Å². The summed E-state index contributed by atoms with van der Waals surface area (Å²) in [7, 11) is 1.77. The summed E-state index contributed by atoms with van der Waals surface area (Å²) in [5.74, 6) is 1.32. The highest BCUT2D eigenvalue weighted by atomic mass is 32.2. The van der Waals surface area contributed by atoms with E-state index in [2.05, 4.69) is 11.6 Å². The number of rotatable bonds is 12. The third-order valence-corrected chi connectivity index (χ3v) is 3.10. The molecular weight excluding hydrogens is 206 g/mol. The fraction of sp³-hybridized carbons (Fsp3) is 1.00. The second kappa shape index (κ2) is 14.3. The number of methoxy groups -OCH3 is 1. The normalized spacial score (nSPS) is 10.8. The van der Waals surface area contributed by atoms with Crippen LogP contribution >= 0.6 is 11.8 Å². The summed E-state index contributed by atoms with van der Waals surface area (Å²) in [5, 5.41) is 3.47. The first-order chi connectivity index (χ1) is 7.41. The predicted molar refractivity (Wildman–Crippen MR) is 70.8 cm³/mol. The molecule has 0 bridgehead atoms. The van der Waals surface area contributed by atoms with E-state index in [9.17, 15) is 0 Å². The van der Waals surface area contributed by atoms with Crippen LogP contribution in [-0.2, 0) is 4.74 Å². The van der Waals surface area contributed by atoms with Crippen molar-refractivity contribution in [3.8, 4) is 0 Å². The van der Waals surface area contributed by atoms with Gasteiger partial charge in [-0.3, -0.25) is 0 Å². The van der Waals surface area contributed by atoms with Crippen molar-refractivity contribution in [2.75, 3.05) is 38.8 Å².